The van der Waals surface area contributed by atoms with Gasteiger partial charge >= 0.3 is 0 Å². The largest absolute Gasteiger partial charge is 0.394 e. The number of primary amides is 1. The Labute approximate surface area is 180 Å². The molecule has 0 spiro atoms. The third kappa shape index (κ3) is 5.47. The number of aliphatic imine (C=N–C) groups is 2. The summed E-state index contributed by atoms with van der Waals surface area (Å²) in [4.78, 5) is 19.6. The number of benzene rings is 1. The van der Waals surface area contributed by atoms with Gasteiger partial charge in [-0.2, -0.15) is 0 Å². The van der Waals surface area contributed by atoms with Crippen molar-refractivity contribution >= 4 is 29.2 Å². The predicted molar refractivity (Wildman–Crippen MR) is 119 cm³/mol. The van der Waals surface area contributed by atoms with Gasteiger partial charge in [-0.3, -0.25) is 9.79 Å². The lowest BCUT2D eigenvalue weighted by Gasteiger charge is -2.24. The van der Waals surface area contributed by atoms with Gasteiger partial charge in [0.15, 0.2) is 0 Å². The van der Waals surface area contributed by atoms with Crippen molar-refractivity contribution in [2.75, 3.05) is 33.4 Å². The van der Waals surface area contributed by atoms with Crippen molar-refractivity contribution in [1.29, 1.82) is 0 Å². The molecule has 0 saturated carbocycles. The van der Waals surface area contributed by atoms with Crippen LogP contribution in [-0.2, 0) is 9.53 Å². The predicted octanol–water partition coefficient (Wildman–Crippen LogP) is 0.296. The summed E-state index contributed by atoms with van der Waals surface area (Å²) in [6.45, 7) is 2.76. The average molecular weight is 430 g/mol. The maximum Gasteiger partial charge on any atom is 0.265 e. The number of nitrogens with zero attached hydrogens (tertiary/aromatic N) is 2. The van der Waals surface area contributed by atoms with E-state index in [0.717, 1.165) is 37.3 Å². The quantitative estimate of drug-likeness (QED) is 0.239. The molecule has 1 fully saturated rings. The number of hydrogen-bond acceptors (Lipinski definition) is 7. The molecule has 1 aromatic carbocycles. The first-order chi connectivity index (χ1) is 14.9. The number of amidine groups is 1. The summed E-state index contributed by atoms with van der Waals surface area (Å²) < 4.78 is 20.2. The fourth-order valence-corrected chi connectivity index (χ4v) is 3.51. The second-order valence-electron chi connectivity index (χ2n) is 7.33. The van der Waals surface area contributed by atoms with E-state index in [0.29, 0.717) is 18.7 Å². The maximum absolute atomic E-state index is 14.8. The Bertz CT molecular complexity index is 962. The Balaban J connectivity index is 1.90. The Morgan fingerprint density at radius 3 is 2.81 bits per heavy atom. The van der Waals surface area contributed by atoms with E-state index >= 15 is 0 Å². The molecule has 0 radical (unpaired) electrons. The van der Waals surface area contributed by atoms with Gasteiger partial charge in [0.05, 0.1) is 12.6 Å². The Morgan fingerprint density at radius 2 is 2.16 bits per heavy atom. The van der Waals surface area contributed by atoms with Crippen molar-refractivity contribution in [2.45, 2.75) is 18.9 Å². The highest BCUT2D eigenvalue weighted by molar-refractivity contribution is 6.18. The molecule has 0 aromatic heterocycles. The second kappa shape index (κ2) is 10.2. The molecular formula is C21H28FN7O2. The summed E-state index contributed by atoms with van der Waals surface area (Å²) in [7, 11) is 1.51. The van der Waals surface area contributed by atoms with Crippen LogP contribution >= 0.6 is 0 Å². The van der Waals surface area contributed by atoms with Crippen LogP contribution in [0.15, 0.2) is 45.2 Å². The summed E-state index contributed by atoms with van der Waals surface area (Å²) in [6.07, 6.45) is 3.07. The molecule has 166 valence electrons. The minimum atomic E-state index is -0.814. The standard InChI is InChI=1S/C21H28FN7O2/c1-26-9-14(19(23)21(25)30)12-2-3-18(16(22)8-12)29-20(24)15-10-27-6-4-17(15)28-13-5-7-31-11-13/h2-3,8-9,13,27-28H,4-7,10-11,23H2,1H3,(H2,24,29)(H2,25,30). The van der Waals surface area contributed by atoms with Crippen molar-refractivity contribution in [3.05, 3.63) is 46.5 Å². The lowest BCUT2D eigenvalue weighted by molar-refractivity contribution is -0.114. The van der Waals surface area contributed by atoms with Crippen molar-refractivity contribution in [1.82, 2.24) is 10.6 Å². The number of hydrogen-bond donors (Lipinski definition) is 5. The first kappa shape index (κ1) is 22.4. The summed E-state index contributed by atoms with van der Waals surface area (Å²) in [5, 5.41) is 6.76. The van der Waals surface area contributed by atoms with Crippen molar-refractivity contribution in [2.24, 2.45) is 27.2 Å². The average Bonchev–Trinajstić information content (AvgIpc) is 3.26. The Morgan fingerprint density at radius 1 is 1.35 bits per heavy atom. The number of rotatable bonds is 7. The Hall–Kier alpha value is -3.24. The monoisotopic (exact) mass is 429 g/mol. The van der Waals surface area contributed by atoms with Crippen LogP contribution in [0.1, 0.15) is 18.4 Å². The molecular weight excluding hydrogens is 401 g/mol. The highest BCUT2D eigenvalue weighted by Crippen LogP contribution is 2.25. The van der Waals surface area contributed by atoms with E-state index < -0.39 is 11.7 Å². The number of carbonyl (C=O) groups is 1. The Kier molecular flexibility index (Phi) is 7.37. The van der Waals surface area contributed by atoms with E-state index in [-0.39, 0.29) is 28.8 Å². The smallest absolute Gasteiger partial charge is 0.265 e. The molecule has 2 aliphatic rings. The van der Waals surface area contributed by atoms with E-state index in [1.165, 1.54) is 25.4 Å². The first-order valence-corrected chi connectivity index (χ1v) is 10.0. The normalized spacial score (nSPS) is 20.8. The van der Waals surface area contributed by atoms with Crippen LogP contribution in [0.4, 0.5) is 10.1 Å². The topological polar surface area (TPSA) is 153 Å². The van der Waals surface area contributed by atoms with Gasteiger partial charge in [-0.15, -0.1) is 0 Å². The number of halogens is 1. The van der Waals surface area contributed by atoms with Crippen LogP contribution in [0.3, 0.4) is 0 Å². The van der Waals surface area contributed by atoms with E-state index in [4.69, 9.17) is 21.9 Å². The number of carbonyl (C=O) groups excluding carboxylic acids is 1. The van der Waals surface area contributed by atoms with Gasteiger partial charge in [-0.25, -0.2) is 9.38 Å². The number of nitrogens with two attached hydrogens (primary N) is 3. The summed E-state index contributed by atoms with van der Waals surface area (Å²) in [5.41, 5.74) is 19.5. The number of nitrogens with one attached hydrogen (secondary N) is 2. The zero-order chi connectivity index (χ0) is 22.4. The number of ether oxygens (including phenoxy) is 1. The SMILES string of the molecule is CN=CC(=C(N)C(N)=O)c1ccc(N=C(N)C2=C(NC3CCOC3)CCNC2)c(F)c1. The fraction of sp³-hybridized carbons (Fsp3) is 0.381. The third-order valence-corrected chi connectivity index (χ3v) is 5.15. The molecule has 1 aromatic rings. The molecule has 2 heterocycles. The summed E-state index contributed by atoms with van der Waals surface area (Å²) in [5.74, 6) is -1.18. The summed E-state index contributed by atoms with van der Waals surface area (Å²) >= 11 is 0. The molecule has 9 nitrogen and oxygen atoms in total. The van der Waals surface area contributed by atoms with Gasteiger partial charge in [0.1, 0.15) is 23.0 Å². The molecule has 10 heteroatoms. The van der Waals surface area contributed by atoms with Crippen LogP contribution < -0.4 is 27.8 Å². The molecule has 31 heavy (non-hydrogen) atoms. The van der Waals surface area contributed by atoms with Gasteiger partial charge in [0.25, 0.3) is 5.91 Å². The molecule has 8 N–H and O–H groups in total. The fourth-order valence-electron chi connectivity index (χ4n) is 3.51. The zero-order valence-electron chi connectivity index (χ0n) is 17.5. The molecule has 0 aliphatic carbocycles. The van der Waals surface area contributed by atoms with Crippen LogP contribution in [0.2, 0.25) is 0 Å². The summed E-state index contributed by atoms with van der Waals surface area (Å²) in [6, 6.07) is 4.53. The maximum atomic E-state index is 14.8. The third-order valence-electron chi connectivity index (χ3n) is 5.15. The minimum Gasteiger partial charge on any atom is -0.394 e. The van der Waals surface area contributed by atoms with Crippen molar-refractivity contribution < 1.29 is 13.9 Å². The van der Waals surface area contributed by atoms with E-state index in [1.54, 1.807) is 6.07 Å². The van der Waals surface area contributed by atoms with Gasteiger partial charge in [0, 0.05) is 56.2 Å². The van der Waals surface area contributed by atoms with Crippen LogP contribution in [-0.4, -0.2) is 57.4 Å². The second-order valence-corrected chi connectivity index (χ2v) is 7.33. The number of amides is 1. The van der Waals surface area contributed by atoms with Gasteiger partial charge in [-0.1, -0.05) is 6.07 Å². The van der Waals surface area contributed by atoms with Crippen LogP contribution in [0.5, 0.6) is 0 Å². The molecule has 3 rings (SSSR count). The van der Waals surface area contributed by atoms with E-state index in [2.05, 4.69) is 20.6 Å². The zero-order valence-corrected chi connectivity index (χ0v) is 17.5. The lowest BCUT2D eigenvalue weighted by Crippen LogP contribution is -2.39. The highest BCUT2D eigenvalue weighted by Gasteiger charge is 2.21. The molecule has 0 bridgehead atoms. The molecule has 1 atom stereocenters. The van der Waals surface area contributed by atoms with Crippen LogP contribution in [0.25, 0.3) is 5.57 Å². The minimum absolute atomic E-state index is 0.0771. The highest BCUT2D eigenvalue weighted by atomic mass is 19.1. The molecule has 2 aliphatic heterocycles. The van der Waals surface area contributed by atoms with Crippen LogP contribution in [0, 0.1) is 5.82 Å². The van der Waals surface area contributed by atoms with Crippen molar-refractivity contribution in [3.8, 4) is 0 Å². The molecule has 1 amide bonds. The van der Waals surface area contributed by atoms with Gasteiger partial charge in [-0.05, 0) is 24.1 Å². The van der Waals surface area contributed by atoms with Gasteiger partial charge < -0.3 is 32.6 Å². The van der Waals surface area contributed by atoms with E-state index in [9.17, 15) is 9.18 Å². The molecule has 1 unspecified atom stereocenters. The van der Waals surface area contributed by atoms with E-state index in [1.807, 2.05) is 0 Å². The van der Waals surface area contributed by atoms with Crippen molar-refractivity contribution in [3.63, 3.8) is 0 Å². The number of allylic oxidation sites excluding steroid dienone is 1. The first-order valence-electron chi connectivity index (χ1n) is 10.0. The molecule has 1 saturated heterocycles. The van der Waals surface area contributed by atoms with Gasteiger partial charge in [0.2, 0.25) is 0 Å². The lowest BCUT2D eigenvalue weighted by atomic mass is 10.0.